The highest BCUT2D eigenvalue weighted by Crippen LogP contribution is 2.20. The Morgan fingerprint density at radius 3 is 2.53 bits per heavy atom. The Balaban J connectivity index is 2.69. The molecule has 0 saturated carbocycles. The van der Waals surface area contributed by atoms with E-state index in [1.54, 1.807) is 0 Å². The summed E-state index contributed by atoms with van der Waals surface area (Å²) in [7, 11) is 0. The highest BCUT2D eigenvalue weighted by Gasteiger charge is 2.11. The van der Waals surface area contributed by atoms with Gasteiger partial charge < -0.3 is 9.84 Å². The van der Waals surface area contributed by atoms with Crippen LogP contribution < -0.4 is 4.74 Å². The number of rotatable bonds is 6. The molecular formula is C13H17FO3. The van der Waals surface area contributed by atoms with E-state index in [0.717, 1.165) is 18.9 Å². The summed E-state index contributed by atoms with van der Waals surface area (Å²) in [5, 5.41) is 8.69. The van der Waals surface area contributed by atoms with Gasteiger partial charge in [0.1, 0.15) is 0 Å². The number of benzene rings is 1. The van der Waals surface area contributed by atoms with Gasteiger partial charge in [-0.25, -0.2) is 9.18 Å². The van der Waals surface area contributed by atoms with Crippen LogP contribution in [0.4, 0.5) is 4.39 Å². The van der Waals surface area contributed by atoms with Gasteiger partial charge in [-0.3, -0.25) is 0 Å². The van der Waals surface area contributed by atoms with Crippen LogP contribution in [-0.2, 0) is 0 Å². The SMILES string of the molecule is CCC(CC)COc1ccc(C(=O)O)cc1F. The molecule has 0 fully saturated rings. The van der Waals surface area contributed by atoms with Crippen LogP contribution in [0.5, 0.6) is 5.75 Å². The third kappa shape index (κ3) is 3.73. The molecule has 0 aromatic heterocycles. The smallest absolute Gasteiger partial charge is 0.335 e. The minimum atomic E-state index is -1.14. The fourth-order valence-corrected chi connectivity index (χ4v) is 1.48. The van der Waals surface area contributed by atoms with Crippen molar-refractivity contribution < 1.29 is 19.0 Å². The molecule has 0 bridgehead atoms. The predicted octanol–water partition coefficient (Wildman–Crippen LogP) is 3.34. The van der Waals surface area contributed by atoms with Crippen LogP contribution >= 0.6 is 0 Å². The lowest BCUT2D eigenvalue weighted by Gasteiger charge is -2.14. The van der Waals surface area contributed by atoms with Crippen LogP contribution in [0.25, 0.3) is 0 Å². The van der Waals surface area contributed by atoms with E-state index < -0.39 is 11.8 Å². The lowest BCUT2D eigenvalue weighted by Crippen LogP contribution is -2.11. The molecule has 0 saturated heterocycles. The Bertz CT molecular complexity index is 386. The number of carbonyl (C=O) groups is 1. The summed E-state index contributed by atoms with van der Waals surface area (Å²) < 4.78 is 18.8. The van der Waals surface area contributed by atoms with Crippen molar-refractivity contribution in [3.63, 3.8) is 0 Å². The number of aromatic carboxylic acids is 1. The molecule has 1 aromatic carbocycles. The number of hydrogen-bond acceptors (Lipinski definition) is 2. The van der Waals surface area contributed by atoms with Crippen molar-refractivity contribution >= 4 is 5.97 Å². The first kappa shape index (κ1) is 13.5. The maximum absolute atomic E-state index is 13.5. The zero-order valence-electron chi connectivity index (χ0n) is 10.1. The van der Waals surface area contributed by atoms with E-state index in [-0.39, 0.29) is 11.3 Å². The molecule has 0 unspecified atom stereocenters. The van der Waals surface area contributed by atoms with Gasteiger partial charge in [0.25, 0.3) is 0 Å². The van der Waals surface area contributed by atoms with Crippen LogP contribution in [-0.4, -0.2) is 17.7 Å². The van der Waals surface area contributed by atoms with Gasteiger partial charge in [0.15, 0.2) is 11.6 Å². The van der Waals surface area contributed by atoms with Crippen molar-refractivity contribution in [3.8, 4) is 5.75 Å². The fourth-order valence-electron chi connectivity index (χ4n) is 1.48. The standard InChI is InChI=1S/C13H17FO3/c1-3-9(4-2)8-17-12-6-5-10(13(15)16)7-11(12)14/h5-7,9H,3-4,8H2,1-2H3,(H,15,16). The van der Waals surface area contributed by atoms with Gasteiger partial charge in [-0.2, -0.15) is 0 Å². The molecule has 0 amide bonds. The van der Waals surface area contributed by atoms with E-state index in [1.807, 2.05) is 0 Å². The van der Waals surface area contributed by atoms with Gasteiger partial charge in [-0.15, -0.1) is 0 Å². The molecule has 3 nitrogen and oxygen atoms in total. The summed E-state index contributed by atoms with van der Waals surface area (Å²) in [6.07, 6.45) is 1.96. The molecule has 0 spiro atoms. The Hall–Kier alpha value is -1.58. The first-order valence-electron chi connectivity index (χ1n) is 5.74. The zero-order valence-corrected chi connectivity index (χ0v) is 10.1. The van der Waals surface area contributed by atoms with Gasteiger partial charge in [-0.1, -0.05) is 26.7 Å². The topological polar surface area (TPSA) is 46.5 Å². The number of ether oxygens (including phenoxy) is 1. The Labute approximate surface area is 100 Å². The van der Waals surface area contributed by atoms with Crippen molar-refractivity contribution in [2.75, 3.05) is 6.61 Å². The molecule has 0 aliphatic heterocycles. The van der Waals surface area contributed by atoms with Gasteiger partial charge in [0.2, 0.25) is 0 Å². The molecule has 1 aromatic rings. The van der Waals surface area contributed by atoms with Crippen molar-refractivity contribution in [2.24, 2.45) is 5.92 Å². The van der Waals surface area contributed by atoms with Crippen molar-refractivity contribution in [3.05, 3.63) is 29.6 Å². The molecule has 1 rings (SSSR count). The number of halogens is 1. The van der Waals surface area contributed by atoms with Crippen LogP contribution in [0.15, 0.2) is 18.2 Å². The summed E-state index contributed by atoms with van der Waals surface area (Å²) in [5.74, 6) is -1.26. The van der Waals surface area contributed by atoms with E-state index in [0.29, 0.717) is 12.5 Å². The van der Waals surface area contributed by atoms with E-state index in [4.69, 9.17) is 9.84 Å². The minimum Gasteiger partial charge on any atom is -0.490 e. The van der Waals surface area contributed by atoms with E-state index >= 15 is 0 Å². The van der Waals surface area contributed by atoms with Gasteiger partial charge in [0, 0.05) is 0 Å². The average Bonchev–Trinajstić information content (AvgIpc) is 2.31. The Kier molecular flexibility index (Phi) is 4.94. The minimum absolute atomic E-state index is 0.0719. The van der Waals surface area contributed by atoms with Gasteiger partial charge >= 0.3 is 5.97 Å². The summed E-state index contributed by atoms with van der Waals surface area (Å²) in [5.41, 5.74) is -0.0719. The van der Waals surface area contributed by atoms with Crippen LogP contribution in [0.3, 0.4) is 0 Å². The number of carboxylic acids is 1. The highest BCUT2D eigenvalue weighted by atomic mass is 19.1. The second kappa shape index (κ2) is 6.23. The molecule has 0 atom stereocenters. The zero-order chi connectivity index (χ0) is 12.8. The second-order valence-corrected chi connectivity index (χ2v) is 3.94. The van der Waals surface area contributed by atoms with Crippen molar-refractivity contribution in [1.82, 2.24) is 0 Å². The Morgan fingerprint density at radius 2 is 2.06 bits per heavy atom. The van der Waals surface area contributed by atoms with Crippen LogP contribution in [0.1, 0.15) is 37.0 Å². The fraction of sp³-hybridized carbons (Fsp3) is 0.462. The Morgan fingerprint density at radius 1 is 1.41 bits per heavy atom. The molecule has 1 N–H and O–H groups in total. The first-order chi connectivity index (χ1) is 8.08. The van der Waals surface area contributed by atoms with Gasteiger partial charge in [-0.05, 0) is 24.1 Å². The monoisotopic (exact) mass is 240 g/mol. The maximum atomic E-state index is 13.5. The summed E-state index contributed by atoms with van der Waals surface area (Å²) >= 11 is 0. The first-order valence-corrected chi connectivity index (χ1v) is 5.74. The maximum Gasteiger partial charge on any atom is 0.335 e. The highest BCUT2D eigenvalue weighted by molar-refractivity contribution is 5.87. The predicted molar refractivity (Wildman–Crippen MR) is 62.9 cm³/mol. The summed E-state index contributed by atoms with van der Waals surface area (Å²) in [6, 6.07) is 3.68. The lowest BCUT2D eigenvalue weighted by atomic mass is 10.1. The molecule has 17 heavy (non-hydrogen) atoms. The lowest BCUT2D eigenvalue weighted by molar-refractivity contribution is 0.0696. The average molecular weight is 240 g/mol. The normalized spacial score (nSPS) is 10.6. The third-order valence-corrected chi connectivity index (χ3v) is 2.81. The number of carboxylic acid groups (broad SMARTS) is 1. The van der Waals surface area contributed by atoms with Crippen LogP contribution in [0.2, 0.25) is 0 Å². The molecule has 0 heterocycles. The summed E-state index contributed by atoms with van der Waals surface area (Å²) in [4.78, 5) is 10.6. The van der Waals surface area contributed by atoms with Crippen LogP contribution in [0, 0.1) is 11.7 Å². The van der Waals surface area contributed by atoms with E-state index in [1.165, 1.54) is 12.1 Å². The summed E-state index contributed by atoms with van der Waals surface area (Å²) in [6.45, 7) is 4.57. The second-order valence-electron chi connectivity index (χ2n) is 3.94. The molecule has 4 heteroatoms. The van der Waals surface area contributed by atoms with Crippen molar-refractivity contribution in [1.29, 1.82) is 0 Å². The molecule has 0 aliphatic carbocycles. The third-order valence-electron chi connectivity index (χ3n) is 2.81. The molecule has 0 aliphatic rings. The molecule has 94 valence electrons. The largest absolute Gasteiger partial charge is 0.490 e. The van der Waals surface area contributed by atoms with Gasteiger partial charge in [0.05, 0.1) is 12.2 Å². The van der Waals surface area contributed by atoms with E-state index in [2.05, 4.69) is 13.8 Å². The molecular weight excluding hydrogens is 223 g/mol. The van der Waals surface area contributed by atoms with Crippen molar-refractivity contribution in [2.45, 2.75) is 26.7 Å². The molecule has 0 radical (unpaired) electrons. The van der Waals surface area contributed by atoms with E-state index in [9.17, 15) is 9.18 Å². The number of hydrogen-bond donors (Lipinski definition) is 1. The quantitative estimate of drug-likeness (QED) is 0.829.